The molecule has 0 spiro atoms. The Kier molecular flexibility index (Phi) is 5.38. The molecule has 0 amide bonds. The van der Waals surface area contributed by atoms with Crippen molar-refractivity contribution in [2.24, 2.45) is 0 Å². The van der Waals surface area contributed by atoms with Gasteiger partial charge in [0, 0.05) is 32.3 Å². The highest BCUT2D eigenvalue weighted by Crippen LogP contribution is 2.23. The molecular formula is C16H25FN2O. The molecule has 1 aliphatic rings. The highest BCUT2D eigenvalue weighted by atomic mass is 19.1. The zero-order valence-electron chi connectivity index (χ0n) is 12.7. The second kappa shape index (κ2) is 7.04. The fourth-order valence-corrected chi connectivity index (χ4v) is 2.45. The topological polar surface area (TPSA) is 24.5 Å². The molecule has 1 saturated heterocycles. The van der Waals surface area contributed by atoms with Crippen LogP contribution < -0.4 is 10.2 Å². The van der Waals surface area contributed by atoms with E-state index in [9.17, 15) is 4.39 Å². The van der Waals surface area contributed by atoms with Gasteiger partial charge in [0.25, 0.3) is 0 Å². The molecule has 1 aromatic rings. The van der Waals surface area contributed by atoms with E-state index in [4.69, 9.17) is 4.74 Å². The van der Waals surface area contributed by atoms with Crippen molar-refractivity contribution in [3.63, 3.8) is 0 Å². The summed E-state index contributed by atoms with van der Waals surface area (Å²) in [5, 5.41) is 3.30. The number of halogens is 1. The summed E-state index contributed by atoms with van der Waals surface area (Å²) in [5.74, 6) is -0.137. The fraction of sp³-hybridized carbons (Fsp3) is 0.625. The molecule has 0 saturated carbocycles. The third-order valence-electron chi connectivity index (χ3n) is 3.52. The minimum Gasteiger partial charge on any atom is -0.377 e. The van der Waals surface area contributed by atoms with Crippen LogP contribution in [0.15, 0.2) is 18.2 Å². The molecule has 0 bridgehead atoms. The number of benzene rings is 1. The Morgan fingerprint density at radius 1 is 1.45 bits per heavy atom. The van der Waals surface area contributed by atoms with Crippen LogP contribution in [-0.4, -0.2) is 31.8 Å². The first-order valence-electron chi connectivity index (χ1n) is 7.44. The van der Waals surface area contributed by atoms with Crippen molar-refractivity contribution in [3.8, 4) is 0 Å². The number of hydrogen-bond acceptors (Lipinski definition) is 3. The number of nitrogens with one attached hydrogen (secondary N) is 1. The van der Waals surface area contributed by atoms with Gasteiger partial charge in [-0.05, 0) is 31.0 Å². The molecule has 1 aliphatic heterocycles. The minimum atomic E-state index is -0.137. The monoisotopic (exact) mass is 280 g/mol. The maximum Gasteiger partial charge on any atom is 0.146 e. The van der Waals surface area contributed by atoms with Crippen LogP contribution in [0.1, 0.15) is 32.8 Å². The molecule has 1 aromatic carbocycles. The van der Waals surface area contributed by atoms with Crippen LogP contribution >= 0.6 is 0 Å². The second-order valence-electron chi connectivity index (χ2n) is 5.80. The highest BCUT2D eigenvalue weighted by Gasteiger charge is 2.18. The smallest absolute Gasteiger partial charge is 0.146 e. The van der Waals surface area contributed by atoms with Gasteiger partial charge in [-0.15, -0.1) is 0 Å². The number of hydrogen-bond donors (Lipinski definition) is 1. The summed E-state index contributed by atoms with van der Waals surface area (Å²) < 4.78 is 19.9. The molecule has 0 aromatic heterocycles. The summed E-state index contributed by atoms with van der Waals surface area (Å²) in [4.78, 5) is 2.09. The molecule has 4 heteroatoms. The summed E-state index contributed by atoms with van der Waals surface area (Å²) >= 11 is 0. The summed E-state index contributed by atoms with van der Waals surface area (Å²) in [6, 6.07) is 5.94. The molecule has 1 N–H and O–H groups in total. The van der Waals surface area contributed by atoms with Gasteiger partial charge in [-0.1, -0.05) is 19.9 Å². The van der Waals surface area contributed by atoms with Crippen molar-refractivity contribution in [1.82, 2.24) is 5.32 Å². The first-order valence-corrected chi connectivity index (χ1v) is 7.44. The molecule has 0 radical (unpaired) electrons. The second-order valence-corrected chi connectivity index (χ2v) is 5.80. The van der Waals surface area contributed by atoms with Crippen molar-refractivity contribution >= 4 is 5.69 Å². The molecule has 1 heterocycles. The normalized spacial score (nSPS) is 20.2. The molecule has 0 aliphatic carbocycles. The van der Waals surface area contributed by atoms with Gasteiger partial charge in [-0.3, -0.25) is 0 Å². The minimum absolute atomic E-state index is 0.137. The zero-order chi connectivity index (χ0) is 14.5. The van der Waals surface area contributed by atoms with Gasteiger partial charge in [0.15, 0.2) is 0 Å². The molecule has 20 heavy (non-hydrogen) atoms. The van der Waals surface area contributed by atoms with E-state index in [0.29, 0.717) is 18.3 Å². The molecule has 1 atom stereocenters. The Hall–Kier alpha value is -1.13. The van der Waals surface area contributed by atoms with E-state index in [-0.39, 0.29) is 11.9 Å². The van der Waals surface area contributed by atoms with E-state index < -0.39 is 0 Å². The summed E-state index contributed by atoms with van der Waals surface area (Å²) in [5.41, 5.74) is 1.68. The van der Waals surface area contributed by atoms with Crippen molar-refractivity contribution in [1.29, 1.82) is 0 Å². The third-order valence-corrected chi connectivity index (χ3v) is 3.52. The van der Waals surface area contributed by atoms with Crippen molar-refractivity contribution in [2.45, 2.75) is 45.9 Å². The van der Waals surface area contributed by atoms with Crippen molar-refractivity contribution < 1.29 is 9.13 Å². The van der Waals surface area contributed by atoms with Crippen molar-refractivity contribution in [2.75, 3.05) is 24.6 Å². The largest absolute Gasteiger partial charge is 0.377 e. The quantitative estimate of drug-likeness (QED) is 0.917. The Labute approximate surface area is 121 Å². The molecular weight excluding hydrogens is 255 g/mol. The lowest BCUT2D eigenvalue weighted by Gasteiger charge is -2.25. The first kappa shape index (κ1) is 15.3. The van der Waals surface area contributed by atoms with E-state index in [1.165, 1.54) is 0 Å². The van der Waals surface area contributed by atoms with Crippen LogP contribution in [0.4, 0.5) is 10.1 Å². The van der Waals surface area contributed by atoms with Gasteiger partial charge in [0.05, 0.1) is 11.8 Å². The van der Waals surface area contributed by atoms with Gasteiger partial charge in [-0.25, -0.2) is 4.39 Å². The van der Waals surface area contributed by atoms with Gasteiger partial charge in [0.2, 0.25) is 0 Å². The average molecular weight is 280 g/mol. The van der Waals surface area contributed by atoms with Crippen LogP contribution in [0.25, 0.3) is 0 Å². The Morgan fingerprint density at radius 2 is 2.25 bits per heavy atom. The lowest BCUT2D eigenvalue weighted by atomic mass is 10.1. The molecule has 1 fully saturated rings. The number of anilines is 1. The fourth-order valence-electron chi connectivity index (χ4n) is 2.45. The van der Waals surface area contributed by atoms with Crippen LogP contribution in [0.2, 0.25) is 0 Å². The average Bonchev–Trinajstić information content (AvgIpc) is 2.61. The standard InChI is InChI=1S/C16H25FN2O/c1-12(2)18-10-14-5-6-16(15(17)9-14)19-7-4-8-20-13(3)11-19/h5-6,9,12-13,18H,4,7-8,10-11H2,1-3H3. The van der Waals surface area contributed by atoms with E-state index in [1.54, 1.807) is 6.07 Å². The number of rotatable bonds is 4. The lowest BCUT2D eigenvalue weighted by molar-refractivity contribution is 0.0820. The molecule has 3 nitrogen and oxygen atoms in total. The SMILES string of the molecule is CC(C)NCc1ccc(N2CCCOC(C)C2)c(F)c1. The Balaban J connectivity index is 2.08. The van der Waals surface area contributed by atoms with Gasteiger partial charge >= 0.3 is 0 Å². The summed E-state index contributed by atoms with van der Waals surface area (Å²) in [6.07, 6.45) is 1.10. The maximum atomic E-state index is 14.3. The van der Waals surface area contributed by atoms with Gasteiger partial charge in [0.1, 0.15) is 5.82 Å². The molecule has 112 valence electrons. The van der Waals surface area contributed by atoms with E-state index in [2.05, 4.69) is 24.1 Å². The zero-order valence-corrected chi connectivity index (χ0v) is 12.7. The third kappa shape index (κ3) is 4.18. The molecule has 2 rings (SSSR count). The Bertz CT molecular complexity index is 436. The van der Waals surface area contributed by atoms with E-state index in [1.807, 2.05) is 19.1 Å². The number of ether oxygens (including phenoxy) is 1. The van der Waals surface area contributed by atoms with Crippen LogP contribution in [0, 0.1) is 5.82 Å². The first-order chi connectivity index (χ1) is 9.56. The molecule has 1 unspecified atom stereocenters. The van der Waals surface area contributed by atoms with Crippen LogP contribution in [-0.2, 0) is 11.3 Å². The maximum absolute atomic E-state index is 14.3. The van der Waals surface area contributed by atoms with Crippen molar-refractivity contribution in [3.05, 3.63) is 29.6 Å². The highest BCUT2D eigenvalue weighted by molar-refractivity contribution is 5.49. The van der Waals surface area contributed by atoms with Crippen LogP contribution in [0.3, 0.4) is 0 Å². The predicted octanol–water partition coefficient (Wildman–Crippen LogP) is 2.94. The van der Waals surface area contributed by atoms with E-state index >= 15 is 0 Å². The summed E-state index contributed by atoms with van der Waals surface area (Å²) in [6.45, 7) is 9.28. The van der Waals surface area contributed by atoms with Crippen LogP contribution in [0.5, 0.6) is 0 Å². The van der Waals surface area contributed by atoms with E-state index in [0.717, 1.165) is 31.7 Å². The van der Waals surface area contributed by atoms with Gasteiger partial charge < -0.3 is 15.0 Å². The Morgan fingerprint density at radius 3 is 2.95 bits per heavy atom. The van der Waals surface area contributed by atoms with Gasteiger partial charge in [-0.2, -0.15) is 0 Å². The predicted molar refractivity (Wildman–Crippen MR) is 80.6 cm³/mol. The lowest BCUT2D eigenvalue weighted by Crippen LogP contribution is -2.30. The summed E-state index contributed by atoms with van der Waals surface area (Å²) in [7, 11) is 0. The number of nitrogens with zero attached hydrogens (tertiary/aromatic N) is 1.